The third-order valence-corrected chi connectivity index (χ3v) is 5.94. The van der Waals surface area contributed by atoms with E-state index in [-0.39, 0.29) is 30.6 Å². The number of aliphatic hydroxyl groups excluding tert-OH is 1. The van der Waals surface area contributed by atoms with Gasteiger partial charge in [-0.25, -0.2) is 4.98 Å². The summed E-state index contributed by atoms with van der Waals surface area (Å²) in [6, 6.07) is 10.8. The van der Waals surface area contributed by atoms with Crippen LogP contribution in [0, 0.1) is 17.2 Å². The van der Waals surface area contributed by atoms with Crippen molar-refractivity contribution in [3.8, 4) is 23.1 Å². The maximum absolute atomic E-state index is 13.5. The minimum absolute atomic E-state index is 0.0641. The van der Waals surface area contributed by atoms with Crippen LogP contribution in [0.3, 0.4) is 0 Å². The van der Waals surface area contributed by atoms with Crippen LogP contribution in [0.2, 0.25) is 0 Å². The lowest BCUT2D eigenvalue weighted by Crippen LogP contribution is -2.50. The van der Waals surface area contributed by atoms with Crippen LogP contribution in [-0.4, -0.2) is 71.2 Å². The minimum Gasteiger partial charge on any atom is -0.472 e. The summed E-state index contributed by atoms with van der Waals surface area (Å²) in [7, 11) is 2.07. The lowest BCUT2D eigenvalue weighted by molar-refractivity contribution is 0.0331. The number of hydrogen-bond donors (Lipinski definition) is 1. The molecule has 7 nitrogen and oxygen atoms in total. The number of aliphatic hydroxyl groups is 1. The van der Waals surface area contributed by atoms with E-state index in [2.05, 4.69) is 36.8 Å². The number of pyridine rings is 1. The molecule has 2 aromatic rings. The van der Waals surface area contributed by atoms with Crippen LogP contribution in [0.25, 0.3) is 11.1 Å². The molecule has 0 fully saturated rings. The van der Waals surface area contributed by atoms with Crippen molar-refractivity contribution >= 4 is 5.91 Å². The molecular weight excluding hydrogens is 404 g/mol. The highest BCUT2D eigenvalue weighted by molar-refractivity contribution is 5.98. The van der Waals surface area contributed by atoms with Gasteiger partial charge in [-0.2, -0.15) is 5.26 Å². The Morgan fingerprint density at radius 1 is 1.38 bits per heavy atom. The smallest absolute Gasteiger partial charge is 0.259 e. The lowest BCUT2D eigenvalue weighted by Gasteiger charge is -2.37. The molecule has 0 bridgehead atoms. The van der Waals surface area contributed by atoms with Crippen molar-refractivity contribution in [3.63, 3.8) is 0 Å². The lowest BCUT2D eigenvalue weighted by atomic mass is 9.98. The molecule has 1 aromatic carbocycles. The van der Waals surface area contributed by atoms with Gasteiger partial charge in [0.15, 0.2) is 0 Å². The number of carbonyl (C=O) groups excluding carboxylic acids is 1. The molecule has 170 valence electrons. The van der Waals surface area contributed by atoms with Crippen LogP contribution in [0.1, 0.15) is 43.1 Å². The Kier molecular flexibility index (Phi) is 7.84. The Labute approximate surface area is 190 Å². The molecule has 0 radical (unpaired) electrons. The van der Waals surface area contributed by atoms with Crippen molar-refractivity contribution in [1.82, 2.24) is 14.8 Å². The summed E-state index contributed by atoms with van der Waals surface area (Å²) in [6.45, 7) is 8.10. The van der Waals surface area contributed by atoms with Crippen LogP contribution in [0.5, 0.6) is 5.88 Å². The van der Waals surface area contributed by atoms with Crippen molar-refractivity contribution in [2.75, 3.05) is 33.3 Å². The maximum Gasteiger partial charge on any atom is 0.259 e. The molecule has 1 aromatic heterocycles. The van der Waals surface area contributed by atoms with E-state index in [0.29, 0.717) is 23.6 Å². The highest BCUT2D eigenvalue weighted by Gasteiger charge is 2.34. The summed E-state index contributed by atoms with van der Waals surface area (Å²) in [5, 5.41) is 19.0. The second kappa shape index (κ2) is 10.6. The van der Waals surface area contributed by atoms with E-state index in [1.165, 1.54) is 0 Å². The van der Waals surface area contributed by atoms with Crippen LogP contribution in [-0.2, 0) is 0 Å². The Bertz CT molecular complexity index is 987. The number of likely N-dealkylation sites (N-methyl/N-ethyl adjacent to an activating group) is 1. The third-order valence-electron chi connectivity index (χ3n) is 5.94. The Hall–Kier alpha value is -2.95. The molecule has 0 aliphatic carbocycles. The quantitative estimate of drug-likeness (QED) is 0.717. The summed E-state index contributed by atoms with van der Waals surface area (Å²) >= 11 is 0. The molecule has 3 atom stereocenters. The molecule has 2 heterocycles. The van der Waals surface area contributed by atoms with Gasteiger partial charge in [-0.15, -0.1) is 0 Å². The van der Waals surface area contributed by atoms with Gasteiger partial charge >= 0.3 is 0 Å². The maximum atomic E-state index is 13.5. The molecular formula is C25H32N4O3. The van der Waals surface area contributed by atoms with Gasteiger partial charge in [0.2, 0.25) is 5.88 Å². The monoisotopic (exact) mass is 436 g/mol. The van der Waals surface area contributed by atoms with Crippen LogP contribution >= 0.6 is 0 Å². The number of hydrogen-bond acceptors (Lipinski definition) is 6. The molecule has 1 N–H and O–H groups in total. The molecule has 1 amide bonds. The second-order valence-electron chi connectivity index (χ2n) is 8.65. The predicted molar refractivity (Wildman–Crippen MR) is 123 cm³/mol. The number of fused-ring (bicyclic) bond motifs is 1. The fraction of sp³-hybridized carbons (Fsp3) is 0.480. The van der Waals surface area contributed by atoms with Gasteiger partial charge in [-0.3, -0.25) is 4.79 Å². The fourth-order valence-corrected chi connectivity index (χ4v) is 4.03. The number of ether oxygens (including phenoxy) is 1. The first-order chi connectivity index (χ1) is 15.4. The number of amides is 1. The first kappa shape index (κ1) is 23.7. The van der Waals surface area contributed by atoms with E-state index >= 15 is 0 Å². The standard InChI is InChI=1S/C25H32N4O3/c1-5-9-28(4)15-23-17(2)14-29(18(3)16-30)25(31)22-11-21(13-27-24(22)32-23)20-8-6-7-19(10-20)12-26/h6-8,10-11,13,17-18,23,30H,5,9,14-16H2,1-4H3/t17-,18+,23+/m1/s1. The normalized spacial score (nSPS) is 19.5. The van der Waals surface area contributed by atoms with Crippen molar-refractivity contribution in [3.05, 3.63) is 47.7 Å². The first-order valence-electron chi connectivity index (χ1n) is 11.2. The number of aromatic nitrogens is 1. The number of carbonyl (C=O) groups is 1. The van der Waals surface area contributed by atoms with E-state index in [1.54, 1.807) is 29.3 Å². The minimum atomic E-state index is -0.324. The summed E-state index contributed by atoms with van der Waals surface area (Å²) in [5.41, 5.74) is 2.46. The van der Waals surface area contributed by atoms with Gasteiger partial charge in [0.05, 0.1) is 24.3 Å². The zero-order valence-corrected chi connectivity index (χ0v) is 19.3. The van der Waals surface area contributed by atoms with Gasteiger partial charge in [0.25, 0.3) is 5.91 Å². The first-order valence-corrected chi connectivity index (χ1v) is 11.2. The molecule has 32 heavy (non-hydrogen) atoms. The number of benzene rings is 1. The zero-order valence-electron chi connectivity index (χ0n) is 19.3. The average Bonchev–Trinajstić information content (AvgIpc) is 2.80. The molecule has 0 unspecified atom stereocenters. The fourth-order valence-electron chi connectivity index (χ4n) is 4.03. The van der Waals surface area contributed by atoms with Crippen molar-refractivity contribution in [2.24, 2.45) is 5.92 Å². The van der Waals surface area contributed by atoms with Gasteiger partial charge in [0.1, 0.15) is 11.7 Å². The molecule has 0 saturated carbocycles. The SMILES string of the molecule is CCCN(C)C[C@@H]1Oc2ncc(-c3cccc(C#N)c3)cc2C(=O)N([C@@H](C)CO)C[C@H]1C. The van der Waals surface area contributed by atoms with Gasteiger partial charge < -0.3 is 19.6 Å². The second-order valence-corrected chi connectivity index (χ2v) is 8.65. The van der Waals surface area contributed by atoms with E-state index in [9.17, 15) is 15.2 Å². The van der Waals surface area contributed by atoms with Gasteiger partial charge in [-0.05, 0) is 50.7 Å². The molecule has 7 heteroatoms. The summed E-state index contributed by atoms with van der Waals surface area (Å²) in [4.78, 5) is 22.0. The van der Waals surface area contributed by atoms with Crippen LogP contribution < -0.4 is 4.74 Å². The van der Waals surface area contributed by atoms with Crippen LogP contribution in [0.4, 0.5) is 0 Å². The van der Waals surface area contributed by atoms with E-state index in [0.717, 1.165) is 30.6 Å². The Morgan fingerprint density at radius 2 is 2.16 bits per heavy atom. The average molecular weight is 437 g/mol. The van der Waals surface area contributed by atoms with E-state index in [1.807, 2.05) is 19.1 Å². The Morgan fingerprint density at radius 3 is 2.84 bits per heavy atom. The number of nitrogens with zero attached hydrogens (tertiary/aromatic N) is 4. The van der Waals surface area contributed by atoms with E-state index < -0.39 is 0 Å². The molecule has 3 rings (SSSR count). The third kappa shape index (κ3) is 5.26. The number of rotatable bonds is 7. The highest BCUT2D eigenvalue weighted by atomic mass is 16.5. The largest absolute Gasteiger partial charge is 0.472 e. The summed E-state index contributed by atoms with van der Waals surface area (Å²) in [5.74, 6) is 0.167. The molecule has 1 aliphatic heterocycles. The van der Waals surface area contributed by atoms with E-state index in [4.69, 9.17) is 4.74 Å². The highest BCUT2D eigenvalue weighted by Crippen LogP contribution is 2.30. The van der Waals surface area contributed by atoms with Crippen LogP contribution in [0.15, 0.2) is 36.5 Å². The summed E-state index contributed by atoms with van der Waals surface area (Å²) in [6.07, 6.45) is 2.58. The predicted octanol–water partition coefficient (Wildman–Crippen LogP) is 3.18. The zero-order chi connectivity index (χ0) is 23.3. The molecule has 1 aliphatic rings. The topological polar surface area (TPSA) is 89.7 Å². The van der Waals surface area contributed by atoms with Gasteiger partial charge in [-0.1, -0.05) is 26.0 Å². The van der Waals surface area contributed by atoms with Gasteiger partial charge in [0, 0.05) is 30.8 Å². The van der Waals surface area contributed by atoms with Crippen molar-refractivity contribution in [1.29, 1.82) is 5.26 Å². The number of nitriles is 1. The Balaban J connectivity index is 2.04. The molecule has 0 saturated heterocycles. The summed E-state index contributed by atoms with van der Waals surface area (Å²) < 4.78 is 6.32. The van der Waals surface area contributed by atoms with Crippen molar-refractivity contribution in [2.45, 2.75) is 39.3 Å². The molecule has 0 spiro atoms. The van der Waals surface area contributed by atoms with Crippen molar-refractivity contribution < 1.29 is 14.6 Å².